The van der Waals surface area contributed by atoms with Gasteiger partial charge in [-0.05, 0) is 38.5 Å². The molecule has 25 heavy (non-hydrogen) atoms. The molecule has 3 rings (SSSR count). The molecule has 0 saturated heterocycles. The van der Waals surface area contributed by atoms with Gasteiger partial charge in [0.2, 0.25) is 0 Å². The van der Waals surface area contributed by atoms with Crippen molar-refractivity contribution in [2.24, 2.45) is 5.92 Å². The van der Waals surface area contributed by atoms with Gasteiger partial charge < -0.3 is 14.9 Å². The molecule has 0 aliphatic heterocycles. The fourth-order valence-electron chi connectivity index (χ4n) is 3.62. The van der Waals surface area contributed by atoms with Gasteiger partial charge in [-0.2, -0.15) is 0 Å². The molecule has 1 aromatic carbocycles. The lowest BCUT2D eigenvalue weighted by atomic mass is 9.66. The number of hydrogen-bond donors (Lipinski definition) is 3. The molecule has 0 spiro atoms. The highest BCUT2D eigenvalue weighted by Crippen LogP contribution is 2.44. The van der Waals surface area contributed by atoms with Gasteiger partial charge in [-0.1, -0.05) is 12.1 Å². The first-order chi connectivity index (χ1) is 11.7. The molecular weight excluding hydrogens is 327 g/mol. The second-order valence-electron chi connectivity index (χ2n) is 7.00. The number of benzene rings is 1. The Kier molecular flexibility index (Phi) is 4.28. The van der Waals surface area contributed by atoms with Crippen molar-refractivity contribution in [2.75, 3.05) is 0 Å². The summed E-state index contributed by atoms with van der Waals surface area (Å²) >= 11 is 0. The number of halogens is 1. The number of rotatable bonds is 3. The summed E-state index contributed by atoms with van der Waals surface area (Å²) in [4.78, 5) is 25.1. The maximum absolute atomic E-state index is 13.8. The van der Waals surface area contributed by atoms with E-state index in [2.05, 4.69) is 10.2 Å². The number of esters is 1. The Hall–Kier alpha value is -2.41. The number of carbonyl (C=O) groups excluding carboxylic acids is 1. The van der Waals surface area contributed by atoms with E-state index in [9.17, 15) is 19.1 Å². The van der Waals surface area contributed by atoms with Crippen molar-refractivity contribution in [2.45, 2.75) is 44.8 Å². The summed E-state index contributed by atoms with van der Waals surface area (Å²) in [6, 6.07) is 5.71. The second-order valence-corrected chi connectivity index (χ2v) is 7.00. The van der Waals surface area contributed by atoms with Crippen LogP contribution in [0.2, 0.25) is 0 Å². The topological polar surface area (TPSA) is 95.2 Å². The van der Waals surface area contributed by atoms with Gasteiger partial charge in [-0.15, -0.1) is 0 Å². The molecule has 3 N–H and O–H groups in total. The zero-order chi connectivity index (χ0) is 18.4. The molecule has 1 aliphatic carbocycles. The third kappa shape index (κ3) is 3.11. The molecule has 0 unspecified atom stereocenters. The van der Waals surface area contributed by atoms with Gasteiger partial charge in [-0.25, -0.2) is 4.39 Å². The second kappa shape index (κ2) is 6.15. The van der Waals surface area contributed by atoms with Gasteiger partial charge in [0.25, 0.3) is 5.56 Å². The Morgan fingerprint density at radius 2 is 2.12 bits per heavy atom. The predicted molar refractivity (Wildman–Crippen MR) is 88.7 cm³/mol. The Morgan fingerprint density at radius 3 is 2.76 bits per heavy atom. The Balaban J connectivity index is 2.20. The third-order valence-electron chi connectivity index (χ3n) is 4.56. The predicted octanol–water partition coefficient (Wildman–Crippen LogP) is 1.85. The van der Waals surface area contributed by atoms with Crippen molar-refractivity contribution >= 4 is 5.97 Å². The highest BCUT2D eigenvalue weighted by Gasteiger charge is 2.51. The van der Waals surface area contributed by atoms with E-state index < -0.39 is 29.2 Å². The van der Waals surface area contributed by atoms with Crippen LogP contribution in [0.25, 0.3) is 0 Å². The lowest BCUT2D eigenvalue weighted by Crippen LogP contribution is -2.50. The molecule has 3 atom stereocenters. The summed E-state index contributed by atoms with van der Waals surface area (Å²) in [7, 11) is 0. The minimum Gasteiger partial charge on any atom is -0.463 e. The first-order valence-corrected chi connectivity index (χ1v) is 8.18. The quantitative estimate of drug-likeness (QED) is 0.738. The van der Waals surface area contributed by atoms with Crippen LogP contribution in [-0.4, -0.2) is 33.0 Å². The highest BCUT2D eigenvalue weighted by molar-refractivity contribution is 5.77. The largest absolute Gasteiger partial charge is 0.463 e. The number of ether oxygens (including phenoxy) is 1. The number of carbonyl (C=O) groups is 1. The van der Waals surface area contributed by atoms with E-state index in [-0.39, 0.29) is 18.1 Å². The molecule has 1 aromatic heterocycles. The molecule has 2 aromatic rings. The molecule has 7 heteroatoms. The number of aromatic amines is 2. The SMILES string of the molecule is CC(C)OC(=O)[C@H]1[C@H](c2cccc(F)c2)c2c([nH][nH]c2=O)C[C@@]1(C)O. The summed E-state index contributed by atoms with van der Waals surface area (Å²) in [6.07, 6.45) is -0.285. The number of nitrogens with one attached hydrogen (secondary N) is 2. The van der Waals surface area contributed by atoms with E-state index in [1.165, 1.54) is 25.1 Å². The van der Waals surface area contributed by atoms with Crippen LogP contribution in [0.4, 0.5) is 4.39 Å². The van der Waals surface area contributed by atoms with Crippen molar-refractivity contribution in [3.63, 3.8) is 0 Å². The number of fused-ring (bicyclic) bond motifs is 1. The third-order valence-corrected chi connectivity index (χ3v) is 4.56. The molecule has 0 bridgehead atoms. The molecule has 1 heterocycles. The average molecular weight is 348 g/mol. The first-order valence-electron chi connectivity index (χ1n) is 8.18. The fraction of sp³-hybridized carbons (Fsp3) is 0.444. The smallest absolute Gasteiger partial charge is 0.313 e. The molecule has 0 fully saturated rings. The molecule has 6 nitrogen and oxygen atoms in total. The standard InChI is InChI=1S/C18H21FN2O4/c1-9(2)25-17(23)15-13(10-5-4-6-11(19)7-10)14-12(8-18(15,3)24)20-21-16(14)22/h4-7,9,13,15,24H,8H2,1-3H3,(H2,20,21,22)/t13-,15-,18-/m1/s1. The van der Waals surface area contributed by atoms with Gasteiger partial charge in [-0.3, -0.25) is 14.7 Å². The van der Waals surface area contributed by atoms with Crippen LogP contribution >= 0.6 is 0 Å². The van der Waals surface area contributed by atoms with Crippen molar-refractivity contribution in [1.29, 1.82) is 0 Å². The van der Waals surface area contributed by atoms with Gasteiger partial charge in [0.15, 0.2) is 0 Å². The van der Waals surface area contributed by atoms with Crippen LogP contribution in [0.3, 0.4) is 0 Å². The van der Waals surface area contributed by atoms with Crippen LogP contribution in [0.15, 0.2) is 29.1 Å². The van der Waals surface area contributed by atoms with Crippen LogP contribution in [0.1, 0.15) is 43.5 Å². The summed E-state index contributed by atoms with van der Waals surface area (Å²) in [5.74, 6) is -2.93. The number of hydrogen-bond acceptors (Lipinski definition) is 4. The molecule has 0 radical (unpaired) electrons. The number of aromatic nitrogens is 2. The summed E-state index contributed by atoms with van der Waals surface area (Å²) in [5.41, 5.74) is -0.555. The van der Waals surface area contributed by atoms with Crippen molar-refractivity contribution in [1.82, 2.24) is 10.2 Å². The molecule has 0 saturated carbocycles. The first kappa shape index (κ1) is 17.4. The molecule has 0 amide bonds. The molecular formula is C18H21FN2O4. The number of H-pyrrole nitrogens is 2. The highest BCUT2D eigenvalue weighted by atomic mass is 19.1. The summed E-state index contributed by atoms with van der Waals surface area (Å²) in [6.45, 7) is 4.95. The Morgan fingerprint density at radius 1 is 1.40 bits per heavy atom. The summed E-state index contributed by atoms with van der Waals surface area (Å²) in [5, 5.41) is 16.2. The van der Waals surface area contributed by atoms with E-state index in [1.807, 2.05) is 0 Å². The fourth-order valence-corrected chi connectivity index (χ4v) is 3.62. The van der Waals surface area contributed by atoms with E-state index in [1.54, 1.807) is 19.9 Å². The van der Waals surface area contributed by atoms with Crippen molar-refractivity contribution < 1.29 is 19.0 Å². The van der Waals surface area contributed by atoms with Gasteiger partial charge >= 0.3 is 5.97 Å². The van der Waals surface area contributed by atoms with Gasteiger partial charge in [0.1, 0.15) is 5.82 Å². The van der Waals surface area contributed by atoms with Crippen LogP contribution in [0.5, 0.6) is 0 Å². The Bertz CT molecular complexity index is 853. The lowest BCUT2D eigenvalue weighted by Gasteiger charge is -2.40. The van der Waals surface area contributed by atoms with E-state index in [0.29, 0.717) is 16.8 Å². The monoisotopic (exact) mass is 348 g/mol. The Labute approximate surface area is 144 Å². The zero-order valence-corrected chi connectivity index (χ0v) is 14.3. The molecule has 1 aliphatic rings. The normalized spacial score (nSPS) is 25.7. The maximum Gasteiger partial charge on any atom is 0.313 e. The van der Waals surface area contributed by atoms with Crippen LogP contribution < -0.4 is 5.56 Å². The van der Waals surface area contributed by atoms with Crippen molar-refractivity contribution in [3.8, 4) is 0 Å². The minimum atomic E-state index is -1.46. The molecule has 134 valence electrons. The minimum absolute atomic E-state index is 0.0880. The maximum atomic E-state index is 13.8. The number of aliphatic hydroxyl groups is 1. The van der Waals surface area contributed by atoms with Crippen LogP contribution in [0, 0.1) is 11.7 Å². The van der Waals surface area contributed by atoms with E-state index in [4.69, 9.17) is 4.74 Å². The summed E-state index contributed by atoms with van der Waals surface area (Å²) < 4.78 is 19.1. The van der Waals surface area contributed by atoms with Crippen molar-refractivity contribution in [3.05, 3.63) is 57.3 Å². The zero-order valence-electron chi connectivity index (χ0n) is 14.3. The van der Waals surface area contributed by atoms with E-state index in [0.717, 1.165) is 0 Å². The van der Waals surface area contributed by atoms with Crippen LogP contribution in [-0.2, 0) is 16.0 Å². The lowest BCUT2D eigenvalue weighted by molar-refractivity contribution is -0.163. The van der Waals surface area contributed by atoms with E-state index >= 15 is 0 Å². The van der Waals surface area contributed by atoms with Gasteiger partial charge in [0.05, 0.1) is 17.6 Å². The van der Waals surface area contributed by atoms with Gasteiger partial charge in [0, 0.05) is 23.6 Å². The average Bonchev–Trinajstić information content (AvgIpc) is 2.84.